The van der Waals surface area contributed by atoms with Crippen molar-refractivity contribution < 1.29 is 9.90 Å². The maximum Gasteiger partial charge on any atom is 0.337 e. The Kier molecular flexibility index (Phi) is 4.84. The zero-order chi connectivity index (χ0) is 20.0. The van der Waals surface area contributed by atoms with E-state index in [-0.39, 0.29) is 5.56 Å². The second kappa shape index (κ2) is 7.18. The molecule has 0 radical (unpaired) electrons. The van der Waals surface area contributed by atoms with Gasteiger partial charge in [0.25, 0.3) is 0 Å². The first-order chi connectivity index (χ1) is 13.3. The molecule has 0 atom stereocenters. The van der Waals surface area contributed by atoms with Crippen molar-refractivity contribution in [3.8, 4) is 0 Å². The summed E-state index contributed by atoms with van der Waals surface area (Å²) in [4.78, 5) is 15.6. The zero-order valence-corrected chi connectivity index (χ0v) is 17.6. The fourth-order valence-electron chi connectivity index (χ4n) is 3.70. The van der Waals surface area contributed by atoms with Gasteiger partial charge in [-0.3, -0.25) is 0 Å². The smallest absolute Gasteiger partial charge is 0.337 e. The van der Waals surface area contributed by atoms with Crippen molar-refractivity contribution >= 4 is 38.6 Å². The fraction of sp³-hybridized carbons (Fsp3) is 0.350. The number of benzene rings is 1. The van der Waals surface area contributed by atoms with Gasteiger partial charge < -0.3 is 10.1 Å². The van der Waals surface area contributed by atoms with E-state index in [0.29, 0.717) is 18.1 Å². The van der Waals surface area contributed by atoms with Crippen LogP contribution in [0.1, 0.15) is 41.0 Å². The Balaban J connectivity index is 1.77. The molecular weight excluding hydrogens is 422 g/mol. The van der Waals surface area contributed by atoms with Gasteiger partial charge >= 0.3 is 5.97 Å². The minimum Gasteiger partial charge on any atom is -0.478 e. The van der Waals surface area contributed by atoms with Gasteiger partial charge in [0.15, 0.2) is 5.65 Å². The summed E-state index contributed by atoms with van der Waals surface area (Å²) in [5.74, 6) is -0.458. The molecule has 0 spiro atoms. The summed E-state index contributed by atoms with van der Waals surface area (Å²) in [7, 11) is 0. The lowest BCUT2D eigenvalue weighted by molar-refractivity contribution is 0.0696. The minimum atomic E-state index is -0.984. The molecule has 146 valence electrons. The maximum absolute atomic E-state index is 11.3. The van der Waals surface area contributed by atoms with Gasteiger partial charge in [0.2, 0.25) is 0 Å². The van der Waals surface area contributed by atoms with Gasteiger partial charge in [-0.1, -0.05) is 29.8 Å². The van der Waals surface area contributed by atoms with E-state index >= 15 is 0 Å². The van der Waals surface area contributed by atoms with Gasteiger partial charge in [0.05, 0.1) is 23.5 Å². The van der Waals surface area contributed by atoms with Gasteiger partial charge in [0, 0.05) is 29.1 Å². The van der Waals surface area contributed by atoms with Crippen LogP contribution in [0.5, 0.6) is 0 Å². The minimum absolute atomic E-state index is 0.172. The van der Waals surface area contributed by atoms with Crippen LogP contribution in [0.15, 0.2) is 28.9 Å². The number of hydrogen-bond acceptors (Lipinski definition) is 5. The Bertz CT molecular complexity index is 1080. The molecule has 0 bridgehead atoms. The number of hydrazine groups is 1. The fourth-order valence-corrected chi connectivity index (χ4v) is 4.25. The third kappa shape index (κ3) is 3.38. The molecule has 3 heterocycles. The number of pyridine rings is 1. The summed E-state index contributed by atoms with van der Waals surface area (Å²) in [5.41, 5.74) is 8.69. The molecule has 0 saturated carbocycles. The number of anilines is 1. The maximum atomic E-state index is 11.3. The van der Waals surface area contributed by atoms with Crippen LogP contribution in [-0.2, 0) is 13.1 Å². The number of aromatic nitrogens is 3. The molecule has 8 heteroatoms. The highest BCUT2D eigenvalue weighted by molar-refractivity contribution is 9.10. The van der Waals surface area contributed by atoms with Gasteiger partial charge in [-0.05, 0) is 42.2 Å². The van der Waals surface area contributed by atoms with Crippen LogP contribution in [-0.4, -0.2) is 32.4 Å². The molecule has 0 fully saturated rings. The quantitative estimate of drug-likeness (QED) is 0.624. The molecule has 4 rings (SSSR count). The van der Waals surface area contributed by atoms with E-state index in [4.69, 9.17) is 0 Å². The predicted molar refractivity (Wildman–Crippen MR) is 111 cm³/mol. The number of nitrogens with one attached hydrogen (secondary N) is 1. The van der Waals surface area contributed by atoms with E-state index in [1.165, 1.54) is 17.4 Å². The van der Waals surface area contributed by atoms with Gasteiger partial charge in [-0.25, -0.2) is 19.9 Å². The standard InChI is InChI=1S/C20H22BrN5O2/c1-11(2)9-25-18-13(8-23-25)4-16(21)5-15(18)10-26-19-17(12(3)24-26)6-14(7-22-19)20(27)28/h4-7,11,23H,8-10H2,1-3H3,(H,27,28). The Morgan fingerprint density at radius 2 is 2.14 bits per heavy atom. The van der Waals surface area contributed by atoms with Crippen molar-refractivity contribution in [2.24, 2.45) is 5.92 Å². The van der Waals surface area contributed by atoms with Crippen molar-refractivity contribution in [2.75, 3.05) is 11.6 Å². The number of carboxylic acids is 1. The van der Waals surface area contributed by atoms with Gasteiger partial charge in [0.1, 0.15) is 0 Å². The highest BCUT2D eigenvalue weighted by atomic mass is 79.9. The molecule has 1 aromatic carbocycles. The van der Waals surface area contributed by atoms with E-state index in [2.05, 4.69) is 62.4 Å². The van der Waals surface area contributed by atoms with Crippen LogP contribution in [0, 0.1) is 12.8 Å². The summed E-state index contributed by atoms with van der Waals surface area (Å²) in [6.45, 7) is 8.55. The zero-order valence-electron chi connectivity index (χ0n) is 16.0. The summed E-state index contributed by atoms with van der Waals surface area (Å²) >= 11 is 3.62. The number of halogens is 1. The Labute approximate surface area is 171 Å². The molecule has 0 amide bonds. The van der Waals surface area contributed by atoms with Crippen molar-refractivity contribution in [3.63, 3.8) is 0 Å². The first kappa shape index (κ1) is 18.9. The second-order valence-electron chi connectivity index (χ2n) is 7.56. The van der Waals surface area contributed by atoms with E-state index in [0.717, 1.165) is 34.2 Å². The predicted octanol–water partition coefficient (Wildman–Crippen LogP) is 3.73. The second-order valence-corrected chi connectivity index (χ2v) is 8.47. The van der Waals surface area contributed by atoms with E-state index in [1.54, 1.807) is 6.07 Å². The van der Waals surface area contributed by atoms with Gasteiger partial charge in [-0.15, -0.1) is 0 Å². The average molecular weight is 444 g/mol. The number of aryl methyl sites for hydroxylation is 1. The lowest BCUT2D eigenvalue weighted by atomic mass is 10.1. The third-order valence-corrected chi connectivity index (χ3v) is 5.31. The molecule has 7 nitrogen and oxygen atoms in total. The van der Waals surface area contributed by atoms with Crippen molar-refractivity contribution in [1.29, 1.82) is 0 Å². The first-order valence-corrected chi connectivity index (χ1v) is 10.0. The lowest BCUT2D eigenvalue weighted by Crippen LogP contribution is -2.35. The van der Waals surface area contributed by atoms with Crippen LogP contribution in [0.3, 0.4) is 0 Å². The van der Waals surface area contributed by atoms with Crippen LogP contribution < -0.4 is 10.4 Å². The van der Waals surface area contributed by atoms with Gasteiger partial charge in [-0.2, -0.15) is 5.10 Å². The number of rotatable bonds is 5. The monoisotopic (exact) mass is 443 g/mol. The molecular formula is C20H22BrN5O2. The summed E-state index contributed by atoms with van der Waals surface area (Å²) in [5, 5.41) is 16.8. The Morgan fingerprint density at radius 1 is 1.36 bits per heavy atom. The Morgan fingerprint density at radius 3 is 2.86 bits per heavy atom. The van der Waals surface area contributed by atoms with Crippen LogP contribution in [0.4, 0.5) is 5.69 Å². The van der Waals surface area contributed by atoms with E-state index in [9.17, 15) is 9.90 Å². The Hall–Kier alpha value is -2.45. The highest BCUT2D eigenvalue weighted by Crippen LogP contribution is 2.34. The summed E-state index contributed by atoms with van der Waals surface area (Å²) in [6, 6.07) is 5.91. The topological polar surface area (TPSA) is 83.3 Å². The molecule has 3 aromatic rings. The van der Waals surface area contributed by atoms with Crippen molar-refractivity contribution in [3.05, 3.63) is 51.3 Å². The molecule has 0 unspecified atom stereocenters. The van der Waals surface area contributed by atoms with Crippen LogP contribution >= 0.6 is 15.9 Å². The number of hydrogen-bond donors (Lipinski definition) is 2. The summed E-state index contributed by atoms with van der Waals surface area (Å²) in [6.07, 6.45) is 1.39. The molecule has 2 aromatic heterocycles. The third-order valence-electron chi connectivity index (χ3n) is 4.85. The number of carboxylic acid groups (broad SMARTS) is 1. The number of fused-ring (bicyclic) bond motifs is 2. The SMILES string of the molecule is Cc1nn(Cc2cc(Br)cc3c2N(CC(C)C)NC3)c2ncc(C(=O)O)cc12. The van der Waals surface area contributed by atoms with Crippen molar-refractivity contribution in [2.45, 2.75) is 33.9 Å². The number of aromatic carboxylic acids is 1. The molecule has 2 N–H and O–H groups in total. The average Bonchev–Trinajstić information content (AvgIpc) is 3.15. The van der Waals surface area contributed by atoms with Crippen molar-refractivity contribution in [1.82, 2.24) is 20.2 Å². The number of carbonyl (C=O) groups is 1. The molecule has 1 aliphatic rings. The largest absolute Gasteiger partial charge is 0.478 e. The molecule has 1 aliphatic heterocycles. The van der Waals surface area contributed by atoms with E-state index < -0.39 is 5.97 Å². The molecule has 28 heavy (non-hydrogen) atoms. The van der Waals surface area contributed by atoms with E-state index in [1.807, 2.05) is 11.6 Å². The van der Waals surface area contributed by atoms with Crippen LogP contribution in [0.25, 0.3) is 11.0 Å². The summed E-state index contributed by atoms with van der Waals surface area (Å²) < 4.78 is 2.88. The van der Waals surface area contributed by atoms with Crippen LogP contribution in [0.2, 0.25) is 0 Å². The molecule has 0 saturated heterocycles. The highest BCUT2D eigenvalue weighted by Gasteiger charge is 2.24. The number of nitrogens with zero attached hydrogens (tertiary/aromatic N) is 4. The first-order valence-electron chi connectivity index (χ1n) is 9.22. The molecule has 0 aliphatic carbocycles. The lowest BCUT2D eigenvalue weighted by Gasteiger charge is -2.24. The normalized spacial score (nSPS) is 13.5.